The summed E-state index contributed by atoms with van der Waals surface area (Å²) in [7, 11) is 0. The lowest BCUT2D eigenvalue weighted by atomic mass is 10.2. The quantitative estimate of drug-likeness (QED) is 0.546. The van der Waals surface area contributed by atoms with Crippen molar-refractivity contribution in [3.8, 4) is 5.75 Å². The Labute approximate surface area is 80.8 Å². The number of non-ortho nitro benzene ring substituents is 1. The van der Waals surface area contributed by atoms with Crippen LogP contribution < -0.4 is 10.1 Å². The fraction of sp³-hybridized carbons (Fsp3) is 0.333. The van der Waals surface area contributed by atoms with Crippen molar-refractivity contribution in [2.24, 2.45) is 0 Å². The van der Waals surface area contributed by atoms with Gasteiger partial charge >= 0.3 is 0 Å². The molecule has 74 valence electrons. The summed E-state index contributed by atoms with van der Waals surface area (Å²) >= 11 is 0. The maximum absolute atomic E-state index is 10.5. The summed E-state index contributed by atoms with van der Waals surface area (Å²) < 4.78 is 5.46. The van der Waals surface area contributed by atoms with Gasteiger partial charge in [0.2, 0.25) is 0 Å². The zero-order chi connectivity index (χ0) is 10.1. The van der Waals surface area contributed by atoms with E-state index < -0.39 is 4.92 Å². The summed E-state index contributed by atoms with van der Waals surface area (Å²) in [5.74, 6) is 0.554. The van der Waals surface area contributed by atoms with E-state index in [9.17, 15) is 10.1 Å². The molecular formula is C9H10N2O3. The lowest BCUT2D eigenvalue weighted by molar-refractivity contribution is -0.384. The second-order valence-corrected chi connectivity index (χ2v) is 3.25. The zero-order valence-electron chi connectivity index (χ0n) is 7.69. The highest BCUT2D eigenvalue weighted by atomic mass is 16.6. The Morgan fingerprint density at radius 2 is 2.43 bits per heavy atom. The second kappa shape index (κ2) is 3.17. The lowest BCUT2D eigenvalue weighted by Crippen LogP contribution is -2.27. The summed E-state index contributed by atoms with van der Waals surface area (Å²) in [5.41, 5.74) is 0.869. The number of nitro groups is 1. The third kappa shape index (κ3) is 1.48. The average Bonchev–Trinajstić information content (AvgIpc) is 2.16. The summed E-state index contributed by atoms with van der Waals surface area (Å²) in [4.78, 5) is 10.1. The monoisotopic (exact) mass is 194 g/mol. The first kappa shape index (κ1) is 8.80. The van der Waals surface area contributed by atoms with Gasteiger partial charge in [0.25, 0.3) is 5.69 Å². The van der Waals surface area contributed by atoms with Gasteiger partial charge in [0.05, 0.1) is 23.2 Å². The molecule has 0 aromatic heterocycles. The molecule has 1 aliphatic rings. The number of hydrogen-bond donors (Lipinski definition) is 1. The molecule has 0 bridgehead atoms. The molecule has 0 saturated heterocycles. The number of hydrogen-bond acceptors (Lipinski definition) is 4. The van der Waals surface area contributed by atoms with Crippen LogP contribution in [0.3, 0.4) is 0 Å². The Balaban J connectivity index is 2.37. The molecule has 1 heterocycles. The number of rotatable bonds is 1. The molecule has 0 saturated carbocycles. The highest BCUT2D eigenvalue weighted by Gasteiger charge is 2.18. The summed E-state index contributed by atoms with van der Waals surface area (Å²) in [6.45, 7) is 2.64. The molecule has 2 rings (SSSR count). The first-order valence-corrected chi connectivity index (χ1v) is 4.36. The molecule has 14 heavy (non-hydrogen) atoms. The van der Waals surface area contributed by atoms with E-state index in [1.54, 1.807) is 6.07 Å². The molecule has 1 aromatic carbocycles. The molecular weight excluding hydrogens is 184 g/mol. The van der Waals surface area contributed by atoms with Gasteiger partial charge in [-0.15, -0.1) is 0 Å². The van der Waals surface area contributed by atoms with Crippen LogP contribution in [0.4, 0.5) is 11.4 Å². The third-order valence-corrected chi connectivity index (χ3v) is 2.08. The smallest absolute Gasteiger partial charge is 0.273 e. The molecule has 5 nitrogen and oxygen atoms in total. The fourth-order valence-electron chi connectivity index (χ4n) is 1.38. The van der Waals surface area contributed by atoms with E-state index >= 15 is 0 Å². The Kier molecular flexibility index (Phi) is 1.99. The Morgan fingerprint density at radius 3 is 3.14 bits per heavy atom. The van der Waals surface area contributed by atoms with E-state index in [-0.39, 0.29) is 11.8 Å². The number of benzene rings is 1. The summed E-state index contributed by atoms with van der Waals surface area (Å²) in [5, 5.41) is 13.6. The maximum atomic E-state index is 10.5. The number of fused-ring (bicyclic) bond motifs is 1. The van der Waals surface area contributed by atoms with Crippen LogP contribution in [0, 0.1) is 10.1 Å². The van der Waals surface area contributed by atoms with Crippen LogP contribution in [-0.4, -0.2) is 17.6 Å². The predicted octanol–water partition coefficient (Wildman–Crippen LogP) is 1.79. The predicted molar refractivity (Wildman–Crippen MR) is 51.7 cm³/mol. The first-order chi connectivity index (χ1) is 6.66. The summed E-state index contributed by atoms with van der Waals surface area (Å²) in [6, 6.07) is 4.57. The number of nitrogens with zero attached hydrogens (tertiary/aromatic N) is 1. The van der Waals surface area contributed by atoms with Gasteiger partial charge in [-0.1, -0.05) is 0 Å². The highest BCUT2D eigenvalue weighted by molar-refractivity contribution is 5.61. The molecule has 1 atom stereocenters. The van der Waals surface area contributed by atoms with E-state index in [4.69, 9.17) is 4.74 Å². The van der Waals surface area contributed by atoms with Crippen molar-refractivity contribution in [1.29, 1.82) is 0 Å². The molecule has 1 aromatic rings. The van der Waals surface area contributed by atoms with Crippen molar-refractivity contribution in [3.63, 3.8) is 0 Å². The van der Waals surface area contributed by atoms with Gasteiger partial charge < -0.3 is 10.1 Å². The number of nitrogens with one attached hydrogen (secondary N) is 1. The van der Waals surface area contributed by atoms with Crippen LogP contribution in [0.25, 0.3) is 0 Å². The highest BCUT2D eigenvalue weighted by Crippen LogP contribution is 2.32. The van der Waals surface area contributed by atoms with Crippen LogP contribution in [0.5, 0.6) is 5.75 Å². The zero-order valence-corrected chi connectivity index (χ0v) is 7.69. The van der Waals surface area contributed by atoms with Gasteiger partial charge in [0.1, 0.15) is 11.9 Å². The van der Waals surface area contributed by atoms with Crippen LogP contribution in [0.15, 0.2) is 18.2 Å². The van der Waals surface area contributed by atoms with Gasteiger partial charge in [-0.3, -0.25) is 10.1 Å². The number of nitro benzene ring substituents is 1. The molecule has 0 aliphatic carbocycles. The van der Waals surface area contributed by atoms with Crippen LogP contribution in [-0.2, 0) is 0 Å². The van der Waals surface area contributed by atoms with E-state index in [1.165, 1.54) is 12.1 Å². The van der Waals surface area contributed by atoms with E-state index in [0.29, 0.717) is 5.75 Å². The van der Waals surface area contributed by atoms with Crippen molar-refractivity contribution in [3.05, 3.63) is 28.3 Å². The number of ether oxygens (including phenoxy) is 1. The SMILES string of the molecule is CC1CNc2ccc([N+](=O)[O-])cc2O1. The van der Waals surface area contributed by atoms with Crippen molar-refractivity contribution >= 4 is 11.4 Å². The molecule has 5 heteroatoms. The minimum atomic E-state index is -0.428. The molecule has 0 amide bonds. The van der Waals surface area contributed by atoms with Crippen LogP contribution >= 0.6 is 0 Å². The second-order valence-electron chi connectivity index (χ2n) is 3.25. The van der Waals surface area contributed by atoms with E-state index in [0.717, 1.165) is 12.2 Å². The molecule has 1 aliphatic heterocycles. The maximum Gasteiger partial charge on any atom is 0.273 e. The molecule has 0 radical (unpaired) electrons. The van der Waals surface area contributed by atoms with Gasteiger partial charge in [-0.25, -0.2) is 0 Å². The average molecular weight is 194 g/mol. The van der Waals surface area contributed by atoms with E-state index in [2.05, 4.69) is 5.32 Å². The fourth-order valence-corrected chi connectivity index (χ4v) is 1.38. The Morgan fingerprint density at radius 1 is 1.64 bits per heavy atom. The summed E-state index contributed by atoms with van der Waals surface area (Å²) in [6.07, 6.45) is 0.0458. The van der Waals surface area contributed by atoms with Crippen molar-refractivity contribution in [2.45, 2.75) is 13.0 Å². The molecule has 1 N–H and O–H groups in total. The third-order valence-electron chi connectivity index (χ3n) is 2.08. The van der Waals surface area contributed by atoms with Crippen molar-refractivity contribution in [1.82, 2.24) is 0 Å². The standard InChI is InChI=1S/C9H10N2O3/c1-6-5-10-8-3-2-7(11(12)13)4-9(8)14-6/h2-4,6,10H,5H2,1H3. The molecule has 0 fully saturated rings. The minimum Gasteiger partial charge on any atom is -0.486 e. The van der Waals surface area contributed by atoms with Gasteiger partial charge in [0, 0.05) is 6.07 Å². The van der Waals surface area contributed by atoms with Gasteiger partial charge in [-0.2, -0.15) is 0 Å². The molecule has 1 unspecified atom stereocenters. The van der Waals surface area contributed by atoms with Crippen LogP contribution in [0.2, 0.25) is 0 Å². The molecule has 0 spiro atoms. The van der Waals surface area contributed by atoms with E-state index in [1.807, 2.05) is 6.92 Å². The normalized spacial score (nSPS) is 19.1. The van der Waals surface area contributed by atoms with Gasteiger partial charge in [-0.05, 0) is 13.0 Å². The van der Waals surface area contributed by atoms with Crippen LogP contribution in [0.1, 0.15) is 6.92 Å². The lowest BCUT2D eigenvalue weighted by Gasteiger charge is -2.24. The topological polar surface area (TPSA) is 64.4 Å². The number of anilines is 1. The Bertz CT molecular complexity index is 378. The van der Waals surface area contributed by atoms with Crippen molar-refractivity contribution < 1.29 is 9.66 Å². The largest absolute Gasteiger partial charge is 0.486 e. The Hall–Kier alpha value is -1.78. The van der Waals surface area contributed by atoms with Crippen molar-refractivity contribution in [2.75, 3.05) is 11.9 Å². The first-order valence-electron chi connectivity index (χ1n) is 4.36. The van der Waals surface area contributed by atoms with Gasteiger partial charge in [0.15, 0.2) is 0 Å². The minimum absolute atomic E-state index is 0.0458.